The Kier molecular flexibility index (Phi) is 10.8. The van der Waals surface area contributed by atoms with Gasteiger partial charge in [0.25, 0.3) is 0 Å². The number of aliphatic hydroxyl groups is 1. The van der Waals surface area contributed by atoms with Crippen molar-refractivity contribution < 1.29 is 9.84 Å². The molecule has 0 aliphatic carbocycles. The first-order valence-electron chi connectivity index (χ1n) is 4.81. The molecule has 0 fully saturated rings. The van der Waals surface area contributed by atoms with Crippen LogP contribution in [0.5, 0.6) is 0 Å². The van der Waals surface area contributed by atoms with Crippen LogP contribution in [0.4, 0.5) is 0 Å². The molecular weight excluding hydrogens is 154 g/mol. The minimum atomic E-state index is 0.284. The Morgan fingerprint density at radius 2 is 1.92 bits per heavy atom. The highest BCUT2D eigenvalue weighted by Crippen LogP contribution is 1.88. The highest BCUT2D eigenvalue weighted by atomic mass is 16.5. The minimum Gasteiger partial charge on any atom is -0.396 e. The van der Waals surface area contributed by atoms with Gasteiger partial charge in [0.1, 0.15) is 0 Å². The zero-order valence-corrected chi connectivity index (χ0v) is 8.01. The highest BCUT2D eigenvalue weighted by molar-refractivity contribution is 4.47. The summed E-state index contributed by atoms with van der Waals surface area (Å²) in [6.07, 6.45) is 3.14. The van der Waals surface area contributed by atoms with Crippen LogP contribution in [0, 0.1) is 0 Å². The maximum atomic E-state index is 8.48. The van der Waals surface area contributed by atoms with Gasteiger partial charge < -0.3 is 15.2 Å². The summed E-state index contributed by atoms with van der Waals surface area (Å²) in [5, 5.41) is 11.7. The number of hydrogen-bond acceptors (Lipinski definition) is 3. The van der Waals surface area contributed by atoms with Crippen molar-refractivity contribution in [1.29, 1.82) is 0 Å². The number of hydrogen-bond donors (Lipinski definition) is 2. The Hall–Kier alpha value is -0.120. The fraction of sp³-hybridized carbons (Fsp3) is 1.00. The maximum Gasteiger partial charge on any atom is 0.0466 e. The summed E-state index contributed by atoms with van der Waals surface area (Å²) in [6, 6.07) is 0. The number of aliphatic hydroxyl groups excluding tert-OH is 1. The van der Waals surface area contributed by atoms with Gasteiger partial charge in [-0.2, -0.15) is 0 Å². The summed E-state index contributed by atoms with van der Waals surface area (Å²) in [6.45, 7) is 5.94. The molecule has 0 aliphatic heterocycles. The number of nitrogens with one attached hydrogen (secondary N) is 1. The first-order chi connectivity index (χ1) is 5.91. The molecule has 0 saturated carbocycles. The third kappa shape index (κ3) is 9.88. The van der Waals surface area contributed by atoms with Crippen LogP contribution in [0.3, 0.4) is 0 Å². The maximum absolute atomic E-state index is 8.48. The molecule has 3 nitrogen and oxygen atoms in total. The summed E-state index contributed by atoms with van der Waals surface area (Å²) in [5.74, 6) is 0. The van der Waals surface area contributed by atoms with Crippen LogP contribution in [-0.4, -0.2) is 38.0 Å². The molecule has 3 heteroatoms. The van der Waals surface area contributed by atoms with Gasteiger partial charge in [0.05, 0.1) is 0 Å². The van der Waals surface area contributed by atoms with Gasteiger partial charge in [-0.15, -0.1) is 0 Å². The van der Waals surface area contributed by atoms with Gasteiger partial charge in [-0.3, -0.25) is 0 Å². The molecule has 0 aromatic rings. The standard InChI is InChI=1S/C9H21NO2/c1-2-12-9-4-3-6-10-7-5-8-11/h10-11H,2-9H2,1H3. The van der Waals surface area contributed by atoms with Gasteiger partial charge in [-0.25, -0.2) is 0 Å². The van der Waals surface area contributed by atoms with Crippen LogP contribution >= 0.6 is 0 Å². The quantitative estimate of drug-likeness (QED) is 0.509. The van der Waals surface area contributed by atoms with Gasteiger partial charge >= 0.3 is 0 Å². The van der Waals surface area contributed by atoms with Crippen LogP contribution in [-0.2, 0) is 4.74 Å². The van der Waals surface area contributed by atoms with E-state index in [1.807, 2.05) is 6.92 Å². The molecule has 2 N–H and O–H groups in total. The molecule has 0 spiro atoms. The SMILES string of the molecule is CCOCCCCNCCCO. The predicted octanol–water partition coefficient (Wildman–Crippen LogP) is 0.775. The van der Waals surface area contributed by atoms with Crippen LogP contribution in [0.1, 0.15) is 26.2 Å². The van der Waals surface area contributed by atoms with Gasteiger partial charge in [-0.1, -0.05) is 0 Å². The lowest BCUT2D eigenvalue weighted by Gasteiger charge is -2.03. The molecule has 0 bridgehead atoms. The fourth-order valence-electron chi connectivity index (χ4n) is 0.928. The normalized spacial score (nSPS) is 10.5. The van der Waals surface area contributed by atoms with Gasteiger partial charge in [0, 0.05) is 19.8 Å². The van der Waals surface area contributed by atoms with Crippen molar-refractivity contribution >= 4 is 0 Å². The van der Waals surface area contributed by atoms with E-state index >= 15 is 0 Å². The second kappa shape index (κ2) is 10.9. The average Bonchev–Trinajstić information content (AvgIpc) is 2.10. The van der Waals surface area contributed by atoms with E-state index in [-0.39, 0.29) is 6.61 Å². The van der Waals surface area contributed by atoms with E-state index in [4.69, 9.17) is 9.84 Å². The smallest absolute Gasteiger partial charge is 0.0466 e. The van der Waals surface area contributed by atoms with Gasteiger partial charge in [0.2, 0.25) is 0 Å². The summed E-state index contributed by atoms with van der Waals surface area (Å²) in [7, 11) is 0. The van der Waals surface area contributed by atoms with Crippen molar-refractivity contribution in [2.75, 3.05) is 32.9 Å². The molecule has 0 atom stereocenters. The lowest BCUT2D eigenvalue weighted by molar-refractivity contribution is 0.143. The van der Waals surface area contributed by atoms with Crippen LogP contribution in [0.25, 0.3) is 0 Å². The minimum absolute atomic E-state index is 0.284. The first kappa shape index (κ1) is 11.9. The lowest BCUT2D eigenvalue weighted by Crippen LogP contribution is -2.17. The number of rotatable bonds is 9. The topological polar surface area (TPSA) is 41.5 Å². The van der Waals surface area contributed by atoms with Crippen LogP contribution in [0.2, 0.25) is 0 Å². The molecule has 0 rings (SSSR count). The molecule has 0 heterocycles. The molecule has 12 heavy (non-hydrogen) atoms. The van der Waals surface area contributed by atoms with Crippen LogP contribution < -0.4 is 5.32 Å². The van der Waals surface area contributed by atoms with E-state index in [2.05, 4.69) is 5.32 Å². The summed E-state index contributed by atoms with van der Waals surface area (Å²) >= 11 is 0. The monoisotopic (exact) mass is 175 g/mol. The van der Waals surface area contributed by atoms with E-state index in [0.29, 0.717) is 0 Å². The molecule has 74 valence electrons. The van der Waals surface area contributed by atoms with Crippen LogP contribution in [0.15, 0.2) is 0 Å². The second-order valence-corrected chi connectivity index (χ2v) is 2.73. The first-order valence-corrected chi connectivity index (χ1v) is 4.81. The molecule has 0 aromatic carbocycles. The molecule has 0 aromatic heterocycles. The van der Waals surface area contributed by atoms with Crippen molar-refractivity contribution in [3.8, 4) is 0 Å². The Morgan fingerprint density at radius 1 is 1.17 bits per heavy atom. The Morgan fingerprint density at radius 3 is 2.58 bits per heavy atom. The van der Waals surface area contributed by atoms with E-state index in [1.165, 1.54) is 0 Å². The van der Waals surface area contributed by atoms with Gasteiger partial charge in [-0.05, 0) is 39.3 Å². The summed E-state index contributed by atoms with van der Waals surface area (Å²) < 4.78 is 5.19. The Bertz CT molecular complexity index is 68.9. The Labute approximate surface area is 75.1 Å². The molecule has 0 saturated heterocycles. The van der Waals surface area contributed by atoms with Crippen molar-refractivity contribution in [1.82, 2.24) is 5.32 Å². The Balaban J connectivity index is 2.73. The molecule has 0 unspecified atom stereocenters. The number of unbranched alkanes of at least 4 members (excludes halogenated alkanes) is 1. The predicted molar refractivity (Wildman–Crippen MR) is 50.3 cm³/mol. The van der Waals surface area contributed by atoms with Crippen molar-refractivity contribution in [2.24, 2.45) is 0 Å². The third-order valence-corrected chi connectivity index (χ3v) is 1.61. The van der Waals surface area contributed by atoms with Crippen molar-refractivity contribution in [3.63, 3.8) is 0 Å². The molecule has 0 radical (unpaired) electrons. The molecule has 0 amide bonds. The van der Waals surface area contributed by atoms with Gasteiger partial charge in [0.15, 0.2) is 0 Å². The van der Waals surface area contributed by atoms with Crippen molar-refractivity contribution in [2.45, 2.75) is 26.2 Å². The summed E-state index contributed by atoms with van der Waals surface area (Å²) in [4.78, 5) is 0. The zero-order valence-electron chi connectivity index (χ0n) is 8.01. The highest BCUT2D eigenvalue weighted by Gasteiger charge is 1.88. The molecular formula is C9H21NO2. The summed E-state index contributed by atoms with van der Waals surface area (Å²) in [5.41, 5.74) is 0. The zero-order chi connectivity index (χ0) is 9.07. The van der Waals surface area contributed by atoms with E-state index in [9.17, 15) is 0 Å². The number of ether oxygens (including phenoxy) is 1. The van der Waals surface area contributed by atoms with E-state index < -0.39 is 0 Å². The third-order valence-electron chi connectivity index (χ3n) is 1.61. The van der Waals surface area contributed by atoms with Crippen molar-refractivity contribution in [3.05, 3.63) is 0 Å². The average molecular weight is 175 g/mol. The molecule has 0 aliphatic rings. The van der Waals surface area contributed by atoms with E-state index in [1.54, 1.807) is 0 Å². The van der Waals surface area contributed by atoms with E-state index in [0.717, 1.165) is 45.6 Å². The fourth-order valence-corrected chi connectivity index (χ4v) is 0.928. The largest absolute Gasteiger partial charge is 0.396 e. The lowest BCUT2D eigenvalue weighted by atomic mass is 10.3. The second-order valence-electron chi connectivity index (χ2n) is 2.73.